The minimum atomic E-state index is -1.51. The highest BCUT2D eigenvalue weighted by Gasteiger charge is 2.58. The van der Waals surface area contributed by atoms with Gasteiger partial charge in [0, 0.05) is 28.8 Å². The third-order valence-corrected chi connectivity index (χ3v) is 7.03. The molecule has 0 saturated carbocycles. The maximum absolute atomic E-state index is 10.00. The van der Waals surface area contributed by atoms with E-state index in [0.717, 1.165) is 23.3 Å². The molecule has 1 fully saturated rings. The normalized spacial score (nSPS) is 33.0. The van der Waals surface area contributed by atoms with Crippen molar-refractivity contribution in [2.45, 2.75) is 30.8 Å². The second-order valence-electron chi connectivity index (χ2n) is 6.95. The Hall–Kier alpha value is -2.59. The molecule has 6 heteroatoms. The fraction of sp³-hybridized carbons (Fsp3) is 0.421. The molecule has 2 bridgehead atoms. The summed E-state index contributed by atoms with van der Waals surface area (Å²) in [6.07, 6.45) is 4.17. The first-order valence-corrected chi connectivity index (χ1v) is 9.17. The number of nitriles is 3. The lowest BCUT2D eigenvalue weighted by molar-refractivity contribution is 0.162. The van der Waals surface area contributed by atoms with Crippen LogP contribution < -0.4 is 5.73 Å². The predicted octanol–water partition coefficient (Wildman–Crippen LogP) is 2.63. The van der Waals surface area contributed by atoms with Crippen LogP contribution in [0, 0.1) is 45.3 Å². The van der Waals surface area contributed by atoms with E-state index in [-0.39, 0.29) is 23.6 Å². The molecule has 25 heavy (non-hydrogen) atoms. The standard InChI is InChI=1S/C19H17N5S/c1-24-11-4-5-14(24)16-12(7-11)13(8-20)18(23)19(9-21,10-22)17(16)15-3-2-6-25-15/h2-3,6-7,11,14,16-17H,4-5,23H2,1H3/t11-,14+,16-,17+/m1/s1. The second kappa shape index (κ2) is 5.46. The van der Waals surface area contributed by atoms with E-state index in [9.17, 15) is 15.8 Å². The molecule has 1 aliphatic carbocycles. The largest absolute Gasteiger partial charge is 0.399 e. The predicted molar refractivity (Wildman–Crippen MR) is 93.7 cm³/mol. The fourth-order valence-corrected chi connectivity index (χ4v) is 5.80. The molecule has 0 radical (unpaired) electrons. The molecular weight excluding hydrogens is 330 g/mol. The number of nitrogens with zero attached hydrogens (tertiary/aromatic N) is 4. The molecule has 0 spiro atoms. The van der Waals surface area contributed by atoms with Gasteiger partial charge in [0.15, 0.2) is 5.41 Å². The highest BCUT2D eigenvalue weighted by atomic mass is 32.1. The van der Waals surface area contributed by atoms with Gasteiger partial charge in [-0.05, 0) is 36.9 Å². The van der Waals surface area contributed by atoms with Crippen molar-refractivity contribution < 1.29 is 0 Å². The van der Waals surface area contributed by atoms with E-state index >= 15 is 0 Å². The van der Waals surface area contributed by atoms with E-state index in [1.54, 1.807) is 11.3 Å². The minimum absolute atomic E-state index is 0.0661. The first-order chi connectivity index (χ1) is 12.1. The third-order valence-electron chi connectivity index (χ3n) is 6.07. The SMILES string of the molecule is CN1[C@H]2C=C3C(C#N)=C(N)C(C#N)(C#N)[C@@H](c4cccs4)[C@H]3[C@@H]1CC2. The van der Waals surface area contributed by atoms with Gasteiger partial charge in [0.1, 0.15) is 6.07 Å². The lowest BCUT2D eigenvalue weighted by atomic mass is 9.58. The van der Waals surface area contributed by atoms with Crippen LogP contribution in [-0.2, 0) is 0 Å². The van der Waals surface area contributed by atoms with Gasteiger partial charge >= 0.3 is 0 Å². The van der Waals surface area contributed by atoms with Gasteiger partial charge in [-0.1, -0.05) is 12.1 Å². The second-order valence-corrected chi connectivity index (χ2v) is 7.93. The maximum Gasteiger partial charge on any atom is 0.192 e. The van der Waals surface area contributed by atoms with Crippen LogP contribution in [0.4, 0.5) is 0 Å². The molecule has 5 nitrogen and oxygen atoms in total. The molecule has 1 aromatic heterocycles. The summed E-state index contributed by atoms with van der Waals surface area (Å²) in [4.78, 5) is 3.31. The van der Waals surface area contributed by atoms with Crippen molar-refractivity contribution in [3.8, 4) is 18.2 Å². The highest BCUT2D eigenvalue weighted by molar-refractivity contribution is 7.10. The summed E-state index contributed by atoms with van der Waals surface area (Å²) in [5.74, 6) is -0.416. The van der Waals surface area contributed by atoms with E-state index in [1.807, 2.05) is 17.5 Å². The lowest BCUT2D eigenvalue weighted by Gasteiger charge is -2.47. The molecule has 4 rings (SSSR count). The Balaban J connectivity index is 2.05. The zero-order valence-corrected chi connectivity index (χ0v) is 14.6. The van der Waals surface area contributed by atoms with Crippen molar-refractivity contribution in [1.82, 2.24) is 4.90 Å². The Kier molecular flexibility index (Phi) is 3.48. The van der Waals surface area contributed by atoms with Crippen LogP contribution in [0.15, 0.2) is 40.4 Å². The van der Waals surface area contributed by atoms with Crippen LogP contribution >= 0.6 is 11.3 Å². The number of nitrogens with two attached hydrogens (primary N) is 1. The summed E-state index contributed by atoms with van der Waals surface area (Å²) < 4.78 is 0. The Labute approximate surface area is 150 Å². The van der Waals surface area contributed by atoms with E-state index < -0.39 is 5.41 Å². The van der Waals surface area contributed by atoms with Crippen LogP contribution in [0.1, 0.15) is 23.6 Å². The number of hydrogen-bond acceptors (Lipinski definition) is 6. The topological polar surface area (TPSA) is 101 Å². The number of allylic oxidation sites excluding steroid dienone is 2. The molecule has 0 amide bonds. The van der Waals surface area contributed by atoms with Crippen molar-refractivity contribution in [2.75, 3.05) is 7.05 Å². The number of thiophene rings is 1. The van der Waals surface area contributed by atoms with E-state index in [2.05, 4.69) is 36.2 Å². The number of likely N-dealkylation sites (N-methyl/N-ethyl adjacent to an activating group) is 1. The van der Waals surface area contributed by atoms with Crippen molar-refractivity contribution in [3.63, 3.8) is 0 Å². The molecule has 3 aliphatic rings. The van der Waals surface area contributed by atoms with Gasteiger partial charge in [0.2, 0.25) is 0 Å². The van der Waals surface area contributed by atoms with Gasteiger partial charge in [-0.3, -0.25) is 4.90 Å². The summed E-state index contributed by atoms with van der Waals surface area (Å²) in [6, 6.07) is 11.0. The van der Waals surface area contributed by atoms with E-state index in [0.29, 0.717) is 11.6 Å². The molecule has 3 heterocycles. The zero-order chi connectivity index (χ0) is 17.8. The van der Waals surface area contributed by atoms with Crippen molar-refractivity contribution in [2.24, 2.45) is 17.1 Å². The minimum Gasteiger partial charge on any atom is -0.399 e. The lowest BCUT2D eigenvalue weighted by Crippen LogP contribution is -2.51. The number of hydrogen-bond donors (Lipinski definition) is 1. The smallest absolute Gasteiger partial charge is 0.192 e. The Morgan fingerprint density at radius 1 is 1.28 bits per heavy atom. The highest BCUT2D eigenvalue weighted by Crippen LogP contribution is 2.58. The summed E-state index contributed by atoms with van der Waals surface area (Å²) in [7, 11) is 2.09. The van der Waals surface area contributed by atoms with Gasteiger partial charge in [0.05, 0.1) is 23.4 Å². The molecule has 4 atom stereocenters. The average molecular weight is 347 g/mol. The Bertz CT molecular complexity index is 891. The van der Waals surface area contributed by atoms with Crippen molar-refractivity contribution in [3.05, 3.63) is 45.3 Å². The van der Waals surface area contributed by atoms with Crippen molar-refractivity contribution >= 4 is 11.3 Å². The van der Waals surface area contributed by atoms with Gasteiger partial charge in [-0.25, -0.2) is 0 Å². The molecule has 0 aromatic carbocycles. The Morgan fingerprint density at radius 2 is 2.04 bits per heavy atom. The van der Waals surface area contributed by atoms with Gasteiger partial charge < -0.3 is 5.73 Å². The van der Waals surface area contributed by atoms with Crippen LogP contribution in [0.3, 0.4) is 0 Å². The van der Waals surface area contributed by atoms with Crippen LogP contribution in [0.2, 0.25) is 0 Å². The van der Waals surface area contributed by atoms with Crippen LogP contribution in [0.25, 0.3) is 0 Å². The van der Waals surface area contributed by atoms with Crippen LogP contribution in [0.5, 0.6) is 0 Å². The van der Waals surface area contributed by atoms with Gasteiger partial charge in [0.25, 0.3) is 0 Å². The summed E-state index contributed by atoms with van der Waals surface area (Å²) >= 11 is 1.55. The maximum atomic E-state index is 10.00. The first kappa shape index (κ1) is 15.9. The monoisotopic (exact) mass is 347 g/mol. The molecule has 124 valence electrons. The van der Waals surface area contributed by atoms with Crippen molar-refractivity contribution in [1.29, 1.82) is 15.8 Å². The number of rotatable bonds is 1. The average Bonchev–Trinajstić information content (AvgIpc) is 3.21. The number of fused-ring (bicyclic) bond motifs is 4. The molecule has 1 aromatic rings. The van der Waals surface area contributed by atoms with Gasteiger partial charge in [-0.15, -0.1) is 11.3 Å². The molecule has 2 aliphatic heterocycles. The molecule has 1 saturated heterocycles. The van der Waals surface area contributed by atoms with Crippen LogP contribution in [-0.4, -0.2) is 24.0 Å². The zero-order valence-electron chi connectivity index (χ0n) is 13.8. The van der Waals surface area contributed by atoms with E-state index in [1.165, 1.54) is 0 Å². The van der Waals surface area contributed by atoms with Gasteiger partial charge in [-0.2, -0.15) is 15.8 Å². The molecule has 2 N–H and O–H groups in total. The molecular formula is C19H17N5S. The third kappa shape index (κ3) is 1.89. The summed E-state index contributed by atoms with van der Waals surface area (Å²) in [5, 5.41) is 31.7. The Morgan fingerprint density at radius 3 is 2.64 bits per heavy atom. The molecule has 0 unspecified atom stereocenters. The fourth-order valence-electron chi connectivity index (χ4n) is 4.86. The quantitative estimate of drug-likeness (QED) is 0.841. The summed E-state index contributed by atoms with van der Waals surface area (Å²) in [6.45, 7) is 0. The van der Waals surface area contributed by atoms with E-state index in [4.69, 9.17) is 5.73 Å². The first-order valence-electron chi connectivity index (χ1n) is 8.29. The summed E-state index contributed by atoms with van der Waals surface area (Å²) in [5.41, 5.74) is 6.19.